The van der Waals surface area contributed by atoms with Crippen LogP contribution in [0.1, 0.15) is 22.3 Å². The third kappa shape index (κ3) is 8.23. The zero-order chi connectivity index (χ0) is 28.4. The molecule has 0 spiro atoms. The van der Waals surface area contributed by atoms with Gasteiger partial charge in [-0.2, -0.15) is 0 Å². The van der Waals surface area contributed by atoms with Crippen molar-refractivity contribution in [3.05, 3.63) is 102 Å². The van der Waals surface area contributed by atoms with Crippen LogP contribution in [0.25, 0.3) is 0 Å². The van der Waals surface area contributed by atoms with Gasteiger partial charge in [0.2, 0.25) is 0 Å². The van der Waals surface area contributed by atoms with Gasteiger partial charge in [0.15, 0.2) is 0 Å². The normalized spacial score (nSPS) is 10.4. The minimum Gasteiger partial charge on any atom is -0.490 e. The highest BCUT2D eigenvalue weighted by Crippen LogP contribution is 2.39. The van der Waals surface area contributed by atoms with Gasteiger partial charge in [-0.15, -0.1) is 0 Å². The van der Waals surface area contributed by atoms with Crippen LogP contribution in [0.15, 0.2) is 79.9 Å². The van der Waals surface area contributed by atoms with E-state index in [1.165, 1.54) is 22.3 Å². The molecule has 0 fully saturated rings. The van der Waals surface area contributed by atoms with Crippen molar-refractivity contribution in [1.29, 1.82) is 0 Å². The van der Waals surface area contributed by atoms with E-state index in [9.17, 15) is 9.59 Å². The van der Waals surface area contributed by atoms with Crippen LogP contribution in [-0.2, 0) is 19.1 Å². The highest BCUT2D eigenvalue weighted by Gasteiger charge is 2.17. The van der Waals surface area contributed by atoms with Crippen LogP contribution in [0, 0.1) is 27.7 Å². The minimum atomic E-state index is -0.513. The lowest BCUT2D eigenvalue weighted by molar-refractivity contribution is -0.139. The molecule has 0 saturated heterocycles. The molecule has 0 radical (unpaired) electrons. The van der Waals surface area contributed by atoms with Crippen molar-refractivity contribution >= 4 is 29.0 Å². The summed E-state index contributed by atoms with van der Waals surface area (Å²) in [5.41, 5.74) is 7.48. The average molecular weight is 530 g/mol. The van der Waals surface area contributed by atoms with E-state index in [0.29, 0.717) is 11.5 Å². The second-order valence-electron chi connectivity index (χ2n) is 8.98. The second-order valence-corrected chi connectivity index (χ2v) is 8.98. The number of anilines is 3. The molecule has 204 valence electrons. The van der Waals surface area contributed by atoms with E-state index in [4.69, 9.17) is 18.9 Å². The summed E-state index contributed by atoms with van der Waals surface area (Å²) >= 11 is 0. The summed E-state index contributed by atoms with van der Waals surface area (Å²) in [6.07, 6.45) is 2.22. The summed E-state index contributed by atoms with van der Waals surface area (Å²) in [4.78, 5) is 24.9. The number of esters is 2. The van der Waals surface area contributed by atoms with Gasteiger partial charge in [-0.1, -0.05) is 25.3 Å². The van der Waals surface area contributed by atoms with Crippen molar-refractivity contribution in [3.63, 3.8) is 0 Å². The quantitative estimate of drug-likeness (QED) is 0.140. The molecule has 0 aromatic heterocycles. The van der Waals surface area contributed by atoms with E-state index in [1.54, 1.807) is 6.07 Å². The maximum atomic E-state index is 11.4. The Labute approximate surface area is 230 Å². The lowest BCUT2D eigenvalue weighted by Crippen LogP contribution is -2.14. The molecule has 7 nitrogen and oxygen atoms in total. The Morgan fingerprint density at radius 3 is 1.44 bits per heavy atom. The zero-order valence-corrected chi connectivity index (χ0v) is 23.0. The predicted octanol–water partition coefficient (Wildman–Crippen LogP) is 6.61. The number of hydrogen-bond donors (Lipinski definition) is 0. The molecule has 39 heavy (non-hydrogen) atoms. The first-order chi connectivity index (χ1) is 18.7. The van der Waals surface area contributed by atoms with E-state index < -0.39 is 11.9 Å². The fourth-order valence-corrected chi connectivity index (χ4v) is 3.75. The Morgan fingerprint density at radius 1 is 0.615 bits per heavy atom. The molecule has 0 heterocycles. The molecular formula is C32H35NO6. The summed E-state index contributed by atoms with van der Waals surface area (Å²) in [5.74, 6) is 0.0259. The first-order valence-corrected chi connectivity index (χ1v) is 12.7. The summed E-state index contributed by atoms with van der Waals surface area (Å²) in [5, 5.41) is 0. The van der Waals surface area contributed by atoms with Crippen molar-refractivity contribution in [2.45, 2.75) is 27.7 Å². The van der Waals surface area contributed by atoms with Crippen LogP contribution >= 0.6 is 0 Å². The fraction of sp³-hybridized carbons (Fsp3) is 0.250. The third-order valence-electron chi connectivity index (χ3n) is 6.15. The molecule has 0 amide bonds. The fourth-order valence-electron chi connectivity index (χ4n) is 3.75. The second kappa shape index (κ2) is 13.9. The number of rotatable bonds is 13. The van der Waals surface area contributed by atoms with Gasteiger partial charge < -0.3 is 23.8 Å². The monoisotopic (exact) mass is 529 g/mol. The van der Waals surface area contributed by atoms with Gasteiger partial charge in [-0.05, 0) is 74.2 Å². The zero-order valence-electron chi connectivity index (χ0n) is 23.0. The van der Waals surface area contributed by atoms with E-state index in [-0.39, 0.29) is 26.4 Å². The molecule has 3 aromatic rings. The standard InChI is InChI=1S/C32H35NO6/c1-7-31(34)38-15-13-36-29-19-28(20-30(21-29)37-14-16-39-32(35)8-2)33(26-11-9-22(3)24(5)17-26)27-12-10-23(4)25(6)18-27/h7-12,17-21H,1-2,13-16H2,3-6H3. The molecule has 3 aromatic carbocycles. The van der Waals surface area contributed by atoms with Crippen LogP contribution < -0.4 is 14.4 Å². The number of carbonyl (C=O) groups is 2. The molecule has 0 saturated carbocycles. The number of benzene rings is 3. The Kier molecular flexibility index (Phi) is 10.3. The Morgan fingerprint density at radius 2 is 1.05 bits per heavy atom. The first-order valence-electron chi connectivity index (χ1n) is 12.7. The van der Waals surface area contributed by atoms with Crippen molar-refractivity contribution in [2.24, 2.45) is 0 Å². The van der Waals surface area contributed by atoms with Crippen molar-refractivity contribution < 1.29 is 28.5 Å². The Hall–Kier alpha value is -4.52. The first kappa shape index (κ1) is 29.0. The smallest absolute Gasteiger partial charge is 0.330 e. The van der Waals surface area contributed by atoms with Crippen molar-refractivity contribution in [3.8, 4) is 11.5 Å². The van der Waals surface area contributed by atoms with Crippen LogP contribution in [0.5, 0.6) is 11.5 Å². The number of nitrogens with zero attached hydrogens (tertiary/aromatic N) is 1. The van der Waals surface area contributed by atoms with Gasteiger partial charge in [0.1, 0.15) is 37.9 Å². The van der Waals surface area contributed by atoms with Crippen molar-refractivity contribution in [1.82, 2.24) is 0 Å². The third-order valence-corrected chi connectivity index (χ3v) is 6.15. The lowest BCUT2D eigenvalue weighted by Gasteiger charge is -2.27. The SMILES string of the molecule is C=CC(=O)OCCOc1cc(OCCOC(=O)C=C)cc(N(c2ccc(C)c(C)c2)c2ccc(C)c(C)c2)c1. The lowest BCUT2D eigenvalue weighted by atomic mass is 10.1. The van der Waals surface area contributed by atoms with Gasteiger partial charge in [-0.3, -0.25) is 0 Å². The van der Waals surface area contributed by atoms with Crippen LogP contribution in [-0.4, -0.2) is 38.4 Å². The number of hydrogen-bond acceptors (Lipinski definition) is 7. The number of aryl methyl sites for hydroxylation is 4. The van der Waals surface area contributed by atoms with Crippen LogP contribution in [0.2, 0.25) is 0 Å². The molecule has 0 atom stereocenters. The molecule has 0 bridgehead atoms. The van der Waals surface area contributed by atoms with E-state index in [1.807, 2.05) is 12.1 Å². The maximum Gasteiger partial charge on any atom is 0.330 e. The van der Waals surface area contributed by atoms with Crippen LogP contribution in [0.3, 0.4) is 0 Å². The molecule has 0 aliphatic rings. The van der Waals surface area contributed by atoms with E-state index in [2.05, 4.69) is 82.2 Å². The Balaban J connectivity index is 2.01. The average Bonchev–Trinajstić information content (AvgIpc) is 2.92. The highest BCUT2D eigenvalue weighted by atomic mass is 16.6. The molecule has 3 rings (SSSR count). The number of carbonyl (C=O) groups excluding carboxylic acids is 2. The predicted molar refractivity (Wildman–Crippen MR) is 153 cm³/mol. The minimum absolute atomic E-state index is 0.0702. The molecule has 0 aliphatic carbocycles. The summed E-state index contributed by atoms with van der Waals surface area (Å²) in [6, 6.07) is 18.2. The molecule has 0 N–H and O–H groups in total. The molecule has 0 aliphatic heterocycles. The molecule has 7 heteroatoms. The van der Waals surface area contributed by atoms with Gasteiger partial charge in [0.05, 0.1) is 5.69 Å². The molecular weight excluding hydrogens is 494 g/mol. The van der Waals surface area contributed by atoms with Gasteiger partial charge >= 0.3 is 11.9 Å². The van der Waals surface area contributed by atoms with E-state index in [0.717, 1.165) is 29.2 Å². The van der Waals surface area contributed by atoms with Crippen molar-refractivity contribution in [2.75, 3.05) is 31.3 Å². The summed E-state index contributed by atoms with van der Waals surface area (Å²) in [7, 11) is 0. The number of ether oxygens (including phenoxy) is 4. The van der Waals surface area contributed by atoms with Gasteiger partial charge in [0.25, 0.3) is 0 Å². The summed E-state index contributed by atoms with van der Waals surface area (Å²) < 4.78 is 22.0. The van der Waals surface area contributed by atoms with Crippen LogP contribution in [0.4, 0.5) is 17.1 Å². The highest BCUT2D eigenvalue weighted by molar-refractivity contribution is 5.81. The Bertz CT molecular complexity index is 1250. The molecule has 0 unspecified atom stereocenters. The van der Waals surface area contributed by atoms with Gasteiger partial charge in [-0.25, -0.2) is 9.59 Å². The summed E-state index contributed by atoms with van der Waals surface area (Å²) in [6.45, 7) is 15.6. The van der Waals surface area contributed by atoms with E-state index >= 15 is 0 Å². The maximum absolute atomic E-state index is 11.4. The largest absolute Gasteiger partial charge is 0.490 e. The topological polar surface area (TPSA) is 74.3 Å². The van der Waals surface area contributed by atoms with Gasteiger partial charge in [0, 0.05) is 41.7 Å².